The topological polar surface area (TPSA) is 131 Å². The molecule has 0 fully saturated rings. The van der Waals surface area contributed by atoms with Gasteiger partial charge in [-0.3, -0.25) is 0 Å². The third kappa shape index (κ3) is 3.11. The quantitative estimate of drug-likeness (QED) is 0.459. The first-order valence-corrected chi connectivity index (χ1v) is 10.1. The van der Waals surface area contributed by atoms with Crippen molar-refractivity contribution in [2.75, 3.05) is 12.8 Å². The molecule has 2 N–H and O–H groups in total. The number of nitrogens with two attached hydrogens (primary N) is 1. The molecular formula is C24H18N8O. The van der Waals surface area contributed by atoms with Crippen molar-refractivity contribution in [1.82, 2.24) is 24.1 Å². The molecule has 0 amide bonds. The standard InChI is InChI=1S/C24H18N8O/c1-31-19-6-4-3-5-16(19)29-23(31)20-21-24(30-18(12-26)17(11-25)28-21)32(22(20)27)13-14-7-9-15(33-2)10-8-14/h3-10H,13,27H2,1-2H3. The van der Waals surface area contributed by atoms with E-state index in [4.69, 9.17) is 15.5 Å². The van der Waals surface area contributed by atoms with E-state index in [1.807, 2.05) is 72.3 Å². The zero-order valence-corrected chi connectivity index (χ0v) is 17.9. The van der Waals surface area contributed by atoms with Gasteiger partial charge in [0.15, 0.2) is 17.0 Å². The Morgan fingerprint density at radius 1 is 0.970 bits per heavy atom. The molecule has 0 bridgehead atoms. The lowest BCUT2D eigenvalue weighted by molar-refractivity contribution is 0.414. The number of aryl methyl sites for hydroxylation is 1. The zero-order valence-electron chi connectivity index (χ0n) is 17.9. The number of nitrogen functional groups attached to an aromatic ring is 1. The minimum atomic E-state index is -0.0494. The van der Waals surface area contributed by atoms with Crippen molar-refractivity contribution in [1.29, 1.82) is 10.5 Å². The molecule has 0 unspecified atom stereocenters. The maximum atomic E-state index is 9.53. The zero-order chi connectivity index (χ0) is 23.1. The molecule has 0 aliphatic rings. The molecule has 160 valence electrons. The molecule has 0 aliphatic carbocycles. The lowest BCUT2D eigenvalue weighted by atomic mass is 10.2. The van der Waals surface area contributed by atoms with Crippen LogP contribution in [0.25, 0.3) is 33.6 Å². The van der Waals surface area contributed by atoms with Crippen molar-refractivity contribution in [3.8, 4) is 29.3 Å². The van der Waals surface area contributed by atoms with Gasteiger partial charge in [0.05, 0.1) is 30.3 Å². The van der Waals surface area contributed by atoms with Crippen molar-refractivity contribution in [3.05, 3.63) is 65.5 Å². The molecule has 0 saturated heterocycles. The van der Waals surface area contributed by atoms with Gasteiger partial charge in [-0.15, -0.1) is 0 Å². The average molecular weight is 434 g/mol. The van der Waals surface area contributed by atoms with Crippen LogP contribution in [0, 0.1) is 22.7 Å². The molecule has 0 radical (unpaired) electrons. The van der Waals surface area contributed by atoms with Crippen LogP contribution in [-0.4, -0.2) is 31.2 Å². The minimum Gasteiger partial charge on any atom is -0.497 e. The first kappa shape index (κ1) is 20.0. The molecule has 3 aromatic heterocycles. The van der Waals surface area contributed by atoms with Gasteiger partial charge in [0.2, 0.25) is 0 Å². The first-order chi connectivity index (χ1) is 16.0. The predicted octanol–water partition coefficient (Wildman–Crippen LogP) is 3.37. The third-order valence-electron chi connectivity index (χ3n) is 5.64. The number of hydrogen-bond donors (Lipinski definition) is 1. The number of para-hydroxylation sites is 2. The van der Waals surface area contributed by atoms with E-state index in [9.17, 15) is 10.5 Å². The van der Waals surface area contributed by atoms with Gasteiger partial charge in [0.1, 0.15) is 35.0 Å². The summed E-state index contributed by atoms with van der Waals surface area (Å²) in [6.07, 6.45) is 0. The fourth-order valence-corrected chi connectivity index (χ4v) is 3.97. The van der Waals surface area contributed by atoms with Crippen molar-refractivity contribution in [2.45, 2.75) is 6.54 Å². The van der Waals surface area contributed by atoms with Crippen molar-refractivity contribution < 1.29 is 4.74 Å². The van der Waals surface area contributed by atoms with E-state index >= 15 is 0 Å². The smallest absolute Gasteiger partial charge is 0.179 e. The normalized spacial score (nSPS) is 10.9. The van der Waals surface area contributed by atoms with E-state index in [1.165, 1.54) is 0 Å². The van der Waals surface area contributed by atoms with Gasteiger partial charge < -0.3 is 19.6 Å². The molecule has 0 spiro atoms. The van der Waals surface area contributed by atoms with Crippen LogP contribution in [-0.2, 0) is 13.6 Å². The fourth-order valence-electron chi connectivity index (χ4n) is 3.97. The summed E-state index contributed by atoms with van der Waals surface area (Å²) in [5.74, 6) is 1.75. The summed E-state index contributed by atoms with van der Waals surface area (Å²) in [5, 5.41) is 19.0. The van der Waals surface area contributed by atoms with Crippen molar-refractivity contribution >= 4 is 28.0 Å². The van der Waals surface area contributed by atoms with Crippen molar-refractivity contribution in [2.24, 2.45) is 7.05 Å². The third-order valence-corrected chi connectivity index (χ3v) is 5.64. The van der Waals surface area contributed by atoms with Crippen LogP contribution < -0.4 is 10.5 Å². The van der Waals surface area contributed by atoms with E-state index in [0.29, 0.717) is 34.9 Å². The second-order valence-electron chi connectivity index (χ2n) is 7.49. The first-order valence-electron chi connectivity index (χ1n) is 10.1. The number of nitrogens with zero attached hydrogens (tertiary/aromatic N) is 7. The summed E-state index contributed by atoms with van der Waals surface area (Å²) in [6.45, 7) is 0.391. The second kappa shape index (κ2) is 7.66. The van der Waals surface area contributed by atoms with Gasteiger partial charge in [-0.25, -0.2) is 15.0 Å². The van der Waals surface area contributed by atoms with Crippen LogP contribution in [0.2, 0.25) is 0 Å². The number of rotatable bonds is 4. The second-order valence-corrected chi connectivity index (χ2v) is 7.49. The fraction of sp³-hybridized carbons (Fsp3) is 0.125. The highest BCUT2D eigenvalue weighted by atomic mass is 16.5. The summed E-state index contributed by atoms with van der Waals surface area (Å²) in [5.41, 5.74) is 10.7. The lowest BCUT2D eigenvalue weighted by Gasteiger charge is -2.09. The predicted molar refractivity (Wildman–Crippen MR) is 123 cm³/mol. The van der Waals surface area contributed by atoms with Gasteiger partial charge in [-0.2, -0.15) is 10.5 Å². The Labute approximate surface area is 188 Å². The SMILES string of the molecule is COc1ccc(Cn2c(N)c(-c3nc4ccccc4n3C)c3nc(C#N)c(C#N)nc32)cc1. The van der Waals surface area contributed by atoms with Crippen LogP contribution in [0.4, 0.5) is 5.82 Å². The largest absolute Gasteiger partial charge is 0.497 e. The molecule has 9 nitrogen and oxygen atoms in total. The Balaban J connectivity index is 1.80. The number of methoxy groups -OCH3 is 1. The van der Waals surface area contributed by atoms with Gasteiger partial charge in [0.25, 0.3) is 0 Å². The molecular weight excluding hydrogens is 416 g/mol. The number of benzene rings is 2. The summed E-state index contributed by atoms with van der Waals surface area (Å²) >= 11 is 0. The Bertz CT molecular complexity index is 1610. The monoisotopic (exact) mass is 434 g/mol. The van der Waals surface area contributed by atoms with Crippen LogP contribution in [0.5, 0.6) is 5.75 Å². The number of nitriles is 2. The molecule has 0 aliphatic heterocycles. The molecule has 2 aromatic carbocycles. The van der Waals surface area contributed by atoms with Crippen LogP contribution in [0.15, 0.2) is 48.5 Å². The molecule has 0 atom stereocenters. The maximum Gasteiger partial charge on any atom is 0.179 e. The number of fused-ring (bicyclic) bond motifs is 2. The highest BCUT2D eigenvalue weighted by molar-refractivity contribution is 5.99. The minimum absolute atomic E-state index is 0.0463. The Kier molecular flexibility index (Phi) is 4.65. The number of ether oxygens (including phenoxy) is 1. The number of hydrogen-bond acceptors (Lipinski definition) is 7. The van der Waals surface area contributed by atoms with E-state index < -0.39 is 0 Å². The van der Waals surface area contributed by atoms with E-state index in [2.05, 4.69) is 9.97 Å². The average Bonchev–Trinajstić information content (AvgIpc) is 3.31. The summed E-state index contributed by atoms with van der Waals surface area (Å²) in [6, 6.07) is 19.3. The molecule has 5 rings (SSSR count). The maximum absolute atomic E-state index is 9.53. The number of anilines is 1. The Morgan fingerprint density at radius 3 is 2.33 bits per heavy atom. The molecule has 9 heteroatoms. The van der Waals surface area contributed by atoms with Crippen LogP contribution in [0.1, 0.15) is 17.0 Å². The van der Waals surface area contributed by atoms with Crippen LogP contribution >= 0.6 is 0 Å². The molecule has 33 heavy (non-hydrogen) atoms. The Hall–Kier alpha value is -4.89. The van der Waals surface area contributed by atoms with Gasteiger partial charge >= 0.3 is 0 Å². The highest BCUT2D eigenvalue weighted by Gasteiger charge is 2.25. The van der Waals surface area contributed by atoms with Gasteiger partial charge in [-0.1, -0.05) is 24.3 Å². The Morgan fingerprint density at radius 2 is 1.67 bits per heavy atom. The highest BCUT2D eigenvalue weighted by Crippen LogP contribution is 2.36. The molecule has 3 heterocycles. The summed E-state index contributed by atoms with van der Waals surface area (Å²) < 4.78 is 8.97. The number of aromatic nitrogens is 5. The summed E-state index contributed by atoms with van der Waals surface area (Å²) in [7, 11) is 3.51. The van der Waals surface area contributed by atoms with Gasteiger partial charge in [-0.05, 0) is 29.8 Å². The summed E-state index contributed by atoms with van der Waals surface area (Å²) in [4.78, 5) is 13.7. The van der Waals surface area contributed by atoms with Gasteiger partial charge in [0, 0.05) is 7.05 Å². The van der Waals surface area contributed by atoms with E-state index in [-0.39, 0.29) is 11.4 Å². The molecule has 0 saturated carbocycles. The van der Waals surface area contributed by atoms with Crippen LogP contribution in [0.3, 0.4) is 0 Å². The molecule has 5 aromatic rings. The van der Waals surface area contributed by atoms with Crippen molar-refractivity contribution in [3.63, 3.8) is 0 Å². The van der Waals surface area contributed by atoms with E-state index in [0.717, 1.165) is 22.3 Å². The number of imidazole rings is 1. The van der Waals surface area contributed by atoms with E-state index in [1.54, 1.807) is 11.7 Å². The lowest BCUT2D eigenvalue weighted by Crippen LogP contribution is -2.06.